The number of hydrogen-bond donors (Lipinski definition) is 1. The van der Waals surface area contributed by atoms with Crippen molar-refractivity contribution >= 4 is 0 Å². The summed E-state index contributed by atoms with van der Waals surface area (Å²) in [4.78, 5) is 5.10. The molecule has 2 saturated heterocycles. The Labute approximate surface area is 169 Å². The van der Waals surface area contributed by atoms with E-state index in [1.54, 1.807) is 0 Å². The average molecular weight is 379 g/mol. The molecule has 4 rings (SSSR count). The molecule has 0 amide bonds. The molecule has 1 atom stereocenters. The monoisotopic (exact) mass is 378 g/mol. The number of rotatable bonds is 8. The molecule has 2 aliphatic heterocycles. The van der Waals surface area contributed by atoms with Crippen molar-refractivity contribution in [3.05, 3.63) is 65.7 Å². The average Bonchev–Trinajstić information content (AvgIpc) is 3.28. The zero-order valence-corrected chi connectivity index (χ0v) is 16.8. The van der Waals surface area contributed by atoms with E-state index >= 15 is 0 Å². The number of nitrogens with zero attached hydrogens (tertiary/aromatic N) is 2. The molecule has 1 unspecified atom stereocenters. The van der Waals surface area contributed by atoms with Gasteiger partial charge in [0, 0.05) is 44.3 Å². The van der Waals surface area contributed by atoms with Crippen molar-refractivity contribution in [2.45, 2.75) is 25.3 Å². The Morgan fingerprint density at radius 3 is 2.54 bits per heavy atom. The van der Waals surface area contributed by atoms with Crippen molar-refractivity contribution in [2.24, 2.45) is 0 Å². The summed E-state index contributed by atoms with van der Waals surface area (Å²) in [6.45, 7) is 8.49. The van der Waals surface area contributed by atoms with E-state index in [9.17, 15) is 0 Å². The van der Waals surface area contributed by atoms with Crippen molar-refractivity contribution in [1.29, 1.82) is 0 Å². The van der Waals surface area contributed by atoms with E-state index in [0.29, 0.717) is 6.04 Å². The molecule has 2 heterocycles. The topological polar surface area (TPSA) is 27.7 Å². The maximum Gasteiger partial charge on any atom is 0.123 e. The number of ether oxygens (including phenoxy) is 1. The van der Waals surface area contributed by atoms with E-state index in [-0.39, 0.29) is 0 Å². The van der Waals surface area contributed by atoms with Crippen LogP contribution >= 0.6 is 0 Å². The first-order chi connectivity index (χ1) is 13.9. The Morgan fingerprint density at radius 2 is 1.75 bits per heavy atom. The van der Waals surface area contributed by atoms with Gasteiger partial charge in [-0.2, -0.15) is 0 Å². The summed E-state index contributed by atoms with van der Waals surface area (Å²) in [7, 11) is 0. The fourth-order valence-corrected chi connectivity index (χ4v) is 4.36. The standard InChI is InChI=1S/C24H32N3O/c1-2-8-21(9-3-1)23(27-16-12-25-13-17-27)20-22-10-4-5-11-24(22)28-19-18-26-14-6-7-15-26/h1-5,8-9,11,23,25H,6-7,12-20H2. The summed E-state index contributed by atoms with van der Waals surface area (Å²) in [5.41, 5.74) is 2.57. The molecule has 0 bridgehead atoms. The van der Waals surface area contributed by atoms with Crippen LogP contribution in [0.3, 0.4) is 0 Å². The molecule has 0 aliphatic carbocycles. The maximum absolute atomic E-state index is 6.22. The second kappa shape index (κ2) is 10.1. The lowest BCUT2D eigenvalue weighted by molar-refractivity contribution is 0.170. The van der Waals surface area contributed by atoms with Gasteiger partial charge in [0.15, 0.2) is 0 Å². The zero-order chi connectivity index (χ0) is 19.0. The van der Waals surface area contributed by atoms with Crippen LogP contribution in [0.25, 0.3) is 0 Å². The lowest BCUT2D eigenvalue weighted by Crippen LogP contribution is -2.45. The van der Waals surface area contributed by atoms with E-state index in [0.717, 1.165) is 51.5 Å². The van der Waals surface area contributed by atoms with Crippen LogP contribution in [0.4, 0.5) is 0 Å². The van der Waals surface area contributed by atoms with Crippen molar-refractivity contribution in [2.75, 3.05) is 52.4 Å². The third-order valence-electron chi connectivity index (χ3n) is 5.94. The first kappa shape index (κ1) is 19.4. The predicted octanol–water partition coefficient (Wildman–Crippen LogP) is 3.15. The van der Waals surface area contributed by atoms with E-state index in [1.165, 1.54) is 37.1 Å². The Kier molecular flexibility index (Phi) is 6.98. The van der Waals surface area contributed by atoms with Crippen LogP contribution in [0.15, 0.2) is 48.5 Å². The Balaban J connectivity index is 1.46. The molecule has 28 heavy (non-hydrogen) atoms. The first-order valence-electron chi connectivity index (χ1n) is 10.7. The fraction of sp³-hybridized carbons (Fsp3) is 0.500. The minimum absolute atomic E-state index is 0.364. The number of benzene rings is 2. The van der Waals surface area contributed by atoms with Crippen LogP contribution in [0.5, 0.6) is 5.75 Å². The molecule has 2 aliphatic rings. The van der Waals surface area contributed by atoms with Gasteiger partial charge < -0.3 is 10.1 Å². The van der Waals surface area contributed by atoms with E-state index < -0.39 is 0 Å². The second-order valence-corrected chi connectivity index (χ2v) is 7.83. The minimum atomic E-state index is 0.364. The van der Waals surface area contributed by atoms with Gasteiger partial charge in [0.05, 0.1) is 0 Å². The van der Waals surface area contributed by atoms with Gasteiger partial charge in [-0.15, -0.1) is 0 Å². The third-order valence-corrected chi connectivity index (χ3v) is 5.94. The largest absolute Gasteiger partial charge is 0.492 e. The Hall–Kier alpha value is -1.88. The molecule has 2 fully saturated rings. The molecular formula is C24H32N3O. The van der Waals surface area contributed by atoms with E-state index in [4.69, 9.17) is 4.74 Å². The zero-order valence-electron chi connectivity index (χ0n) is 16.8. The van der Waals surface area contributed by atoms with Crippen LogP contribution in [0, 0.1) is 6.07 Å². The molecule has 4 nitrogen and oxygen atoms in total. The quantitative estimate of drug-likeness (QED) is 0.764. The van der Waals surface area contributed by atoms with Crippen molar-refractivity contribution in [1.82, 2.24) is 15.1 Å². The highest BCUT2D eigenvalue weighted by Crippen LogP contribution is 2.29. The number of likely N-dealkylation sites (tertiary alicyclic amines) is 1. The minimum Gasteiger partial charge on any atom is -0.492 e. The van der Waals surface area contributed by atoms with Gasteiger partial charge in [-0.3, -0.25) is 9.80 Å². The summed E-state index contributed by atoms with van der Waals surface area (Å²) in [5, 5.41) is 3.47. The fourth-order valence-electron chi connectivity index (χ4n) is 4.36. The summed E-state index contributed by atoms with van der Waals surface area (Å²) in [5.74, 6) is 0.998. The van der Waals surface area contributed by atoms with Gasteiger partial charge in [0.2, 0.25) is 0 Å². The van der Waals surface area contributed by atoms with Crippen molar-refractivity contribution < 1.29 is 4.74 Å². The Morgan fingerprint density at radius 1 is 0.964 bits per heavy atom. The molecule has 0 aromatic heterocycles. The highest BCUT2D eigenvalue weighted by molar-refractivity contribution is 5.34. The SMILES string of the molecule is [c]1cccc(OCCN2CCCC2)c1CC(c1ccccc1)N1CCNCC1. The van der Waals surface area contributed by atoms with Gasteiger partial charge >= 0.3 is 0 Å². The van der Waals surface area contributed by atoms with Gasteiger partial charge in [0.25, 0.3) is 0 Å². The number of hydrogen-bond acceptors (Lipinski definition) is 4. The highest BCUT2D eigenvalue weighted by Gasteiger charge is 2.23. The summed E-state index contributed by atoms with van der Waals surface area (Å²) in [6, 6.07) is 20.9. The molecule has 2 aromatic carbocycles. The highest BCUT2D eigenvalue weighted by atomic mass is 16.5. The molecule has 1 N–H and O–H groups in total. The van der Waals surface area contributed by atoms with Crippen molar-refractivity contribution in [3.63, 3.8) is 0 Å². The third kappa shape index (κ3) is 5.13. The molecule has 0 saturated carbocycles. The van der Waals surface area contributed by atoms with Crippen LogP contribution in [-0.2, 0) is 6.42 Å². The molecular weight excluding hydrogens is 346 g/mol. The summed E-state index contributed by atoms with van der Waals surface area (Å²) in [6.07, 6.45) is 3.59. The molecule has 4 heteroatoms. The molecule has 149 valence electrons. The van der Waals surface area contributed by atoms with E-state index in [1.807, 2.05) is 12.1 Å². The smallest absolute Gasteiger partial charge is 0.123 e. The first-order valence-corrected chi connectivity index (χ1v) is 10.7. The van der Waals surface area contributed by atoms with Gasteiger partial charge in [-0.25, -0.2) is 0 Å². The van der Waals surface area contributed by atoms with E-state index in [2.05, 4.69) is 57.6 Å². The van der Waals surface area contributed by atoms with Crippen molar-refractivity contribution in [3.8, 4) is 5.75 Å². The predicted molar refractivity (Wildman–Crippen MR) is 114 cm³/mol. The maximum atomic E-state index is 6.22. The van der Waals surface area contributed by atoms with Crippen LogP contribution < -0.4 is 10.1 Å². The molecule has 1 radical (unpaired) electrons. The van der Waals surface area contributed by atoms with Crippen LogP contribution in [0.2, 0.25) is 0 Å². The van der Waals surface area contributed by atoms with Gasteiger partial charge in [-0.05, 0) is 50.0 Å². The lowest BCUT2D eigenvalue weighted by atomic mass is 9.96. The Bertz CT molecular complexity index is 709. The van der Waals surface area contributed by atoms with Gasteiger partial charge in [-0.1, -0.05) is 42.5 Å². The van der Waals surface area contributed by atoms with Crippen LogP contribution in [0.1, 0.15) is 30.0 Å². The van der Waals surface area contributed by atoms with Gasteiger partial charge in [0.1, 0.15) is 12.4 Å². The molecule has 0 spiro atoms. The normalized spacial score (nSPS) is 19.6. The summed E-state index contributed by atoms with van der Waals surface area (Å²) < 4.78 is 6.22. The number of nitrogens with one attached hydrogen (secondary N) is 1. The molecule has 2 aromatic rings. The van der Waals surface area contributed by atoms with Crippen LogP contribution in [-0.4, -0.2) is 62.2 Å². The second-order valence-electron chi connectivity index (χ2n) is 7.83. The summed E-state index contributed by atoms with van der Waals surface area (Å²) >= 11 is 0. The number of piperazine rings is 1. The lowest BCUT2D eigenvalue weighted by Gasteiger charge is -2.35.